The van der Waals surface area contributed by atoms with Crippen molar-refractivity contribution < 1.29 is 9.53 Å². The van der Waals surface area contributed by atoms with Crippen LogP contribution in [0, 0.1) is 0 Å². The number of rotatable bonds is 8. The van der Waals surface area contributed by atoms with Gasteiger partial charge in [-0.25, -0.2) is 0 Å². The zero-order chi connectivity index (χ0) is 13.8. The lowest BCUT2D eigenvalue weighted by molar-refractivity contribution is -0.149. The maximum Gasteiger partial charge on any atom is 0.327 e. The van der Waals surface area contributed by atoms with Crippen molar-refractivity contribution in [2.45, 2.75) is 64.6 Å². The molecule has 106 valence electrons. The number of esters is 1. The quantitative estimate of drug-likeness (QED) is 0.672. The van der Waals surface area contributed by atoms with Crippen LogP contribution in [0.15, 0.2) is 0 Å². The highest BCUT2D eigenvalue weighted by Gasteiger charge is 2.40. The first-order valence-electron chi connectivity index (χ1n) is 7.03. The third kappa shape index (κ3) is 4.25. The molecule has 1 atom stereocenters. The number of nitrogens with zero attached hydrogens (tertiary/aromatic N) is 1. The fourth-order valence-corrected chi connectivity index (χ4v) is 2.56. The molecule has 1 saturated carbocycles. The van der Waals surface area contributed by atoms with E-state index in [1.165, 1.54) is 20.0 Å². The molecule has 0 spiro atoms. The van der Waals surface area contributed by atoms with E-state index in [1.54, 1.807) is 0 Å². The fraction of sp³-hybridized carbons (Fsp3) is 0.929. The molecular weight excluding hydrogens is 228 g/mol. The van der Waals surface area contributed by atoms with Gasteiger partial charge in [-0.1, -0.05) is 6.92 Å². The molecule has 0 aromatic carbocycles. The molecular formula is C14H28N2O2. The Kier molecular flexibility index (Phi) is 5.60. The highest BCUT2D eigenvalue weighted by Crippen LogP contribution is 2.28. The van der Waals surface area contributed by atoms with Crippen molar-refractivity contribution in [1.82, 2.24) is 10.2 Å². The summed E-state index contributed by atoms with van der Waals surface area (Å²) in [4.78, 5) is 14.5. The first-order chi connectivity index (χ1) is 8.42. The van der Waals surface area contributed by atoms with Crippen LogP contribution in [-0.4, -0.2) is 48.7 Å². The van der Waals surface area contributed by atoms with Crippen molar-refractivity contribution in [2.75, 3.05) is 20.2 Å². The van der Waals surface area contributed by atoms with E-state index >= 15 is 0 Å². The number of methoxy groups -OCH3 is 1. The zero-order valence-electron chi connectivity index (χ0n) is 12.5. The van der Waals surface area contributed by atoms with Crippen molar-refractivity contribution >= 4 is 5.97 Å². The lowest BCUT2D eigenvalue weighted by Gasteiger charge is -2.35. The number of carbonyl (C=O) groups excluding carboxylic acids is 1. The predicted octanol–water partition coefficient (Wildman–Crippen LogP) is 1.79. The molecule has 0 heterocycles. The van der Waals surface area contributed by atoms with Crippen LogP contribution in [-0.2, 0) is 9.53 Å². The molecule has 0 bridgehead atoms. The number of hydrogen-bond donors (Lipinski definition) is 1. The smallest absolute Gasteiger partial charge is 0.327 e. The van der Waals surface area contributed by atoms with Gasteiger partial charge in [-0.15, -0.1) is 0 Å². The van der Waals surface area contributed by atoms with Crippen LogP contribution in [0.5, 0.6) is 0 Å². The zero-order valence-corrected chi connectivity index (χ0v) is 12.5. The van der Waals surface area contributed by atoms with Gasteiger partial charge in [-0.2, -0.15) is 0 Å². The molecule has 18 heavy (non-hydrogen) atoms. The second-order valence-corrected chi connectivity index (χ2v) is 5.82. The molecule has 0 aromatic heterocycles. The minimum absolute atomic E-state index is 0.169. The highest BCUT2D eigenvalue weighted by atomic mass is 16.5. The molecule has 4 heteroatoms. The molecule has 4 nitrogen and oxygen atoms in total. The minimum atomic E-state index is -0.610. The molecule has 1 rings (SSSR count). The van der Waals surface area contributed by atoms with Gasteiger partial charge in [0.25, 0.3) is 0 Å². The molecule has 1 aliphatic rings. The Labute approximate surface area is 111 Å². The van der Waals surface area contributed by atoms with E-state index in [4.69, 9.17) is 4.74 Å². The van der Waals surface area contributed by atoms with Crippen molar-refractivity contribution in [3.8, 4) is 0 Å². The monoisotopic (exact) mass is 256 g/mol. The van der Waals surface area contributed by atoms with Crippen molar-refractivity contribution in [2.24, 2.45) is 0 Å². The minimum Gasteiger partial charge on any atom is -0.468 e. The first-order valence-corrected chi connectivity index (χ1v) is 7.03. The van der Waals surface area contributed by atoms with Crippen LogP contribution in [0.2, 0.25) is 0 Å². The molecule has 0 aliphatic heterocycles. The van der Waals surface area contributed by atoms with Crippen LogP contribution >= 0.6 is 0 Å². The Balaban J connectivity index is 2.71. The van der Waals surface area contributed by atoms with Crippen LogP contribution in [0.3, 0.4) is 0 Å². The third-order valence-corrected chi connectivity index (χ3v) is 3.34. The van der Waals surface area contributed by atoms with Gasteiger partial charge in [-0.3, -0.25) is 15.0 Å². The number of carbonyl (C=O) groups is 1. The second-order valence-electron chi connectivity index (χ2n) is 5.82. The van der Waals surface area contributed by atoms with E-state index in [-0.39, 0.29) is 12.0 Å². The van der Waals surface area contributed by atoms with Crippen molar-refractivity contribution in [3.05, 3.63) is 0 Å². The molecule has 1 fully saturated rings. The Morgan fingerprint density at radius 3 is 2.50 bits per heavy atom. The average molecular weight is 256 g/mol. The largest absolute Gasteiger partial charge is 0.468 e. The molecule has 1 unspecified atom stereocenters. The SMILES string of the molecule is CCCN(CC(C)(NC(C)C)C(=O)OC)C1CC1. The first kappa shape index (κ1) is 15.4. The summed E-state index contributed by atoms with van der Waals surface area (Å²) in [6, 6.07) is 0.930. The number of hydrogen-bond acceptors (Lipinski definition) is 4. The topological polar surface area (TPSA) is 41.6 Å². The van der Waals surface area contributed by atoms with E-state index in [2.05, 4.69) is 31.0 Å². The Morgan fingerprint density at radius 1 is 1.50 bits per heavy atom. The highest BCUT2D eigenvalue weighted by molar-refractivity contribution is 5.80. The van der Waals surface area contributed by atoms with E-state index in [1.807, 2.05) is 6.92 Å². The maximum atomic E-state index is 12.0. The van der Waals surface area contributed by atoms with Crippen LogP contribution in [0.4, 0.5) is 0 Å². The van der Waals surface area contributed by atoms with Crippen molar-refractivity contribution in [1.29, 1.82) is 0 Å². The van der Waals surface area contributed by atoms with E-state index < -0.39 is 5.54 Å². The Morgan fingerprint density at radius 2 is 2.11 bits per heavy atom. The molecule has 0 radical (unpaired) electrons. The van der Waals surface area contributed by atoms with E-state index in [0.717, 1.165) is 19.5 Å². The van der Waals surface area contributed by atoms with Crippen molar-refractivity contribution in [3.63, 3.8) is 0 Å². The molecule has 0 aromatic rings. The molecule has 0 amide bonds. The summed E-state index contributed by atoms with van der Waals surface area (Å²) < 4.78 is 4.97. The van der Waals surface area contributed by atoms with E-state index in [9.17, 15) is 4.79 Å². The van der Waals surface area contributed by atoms with Gasteiger partial charge >= 0.3 is 5.97 Å². The Bertz CT molecular complexity index is 277. The number of ether oxygens (including phenoxy) is 1. The summed E-state index contributed by atoms with van der Waals surface area (Å²) in [6.07, 6.45) is 3.65. The average Bonchev–Trinajstić information content (AvgIpc) is 3.10. The summed E-state index contributed by atoms with van der Waals surface area (Å²) in [5.41, 5.74) is -0.610. The van der Waals surface area contributed by atoms with Gasteiger partial charge in [0, 0.05) is 18.6 Å². The summed E-state index contributed by atoms with van der Waals surface area (Å²) in [5.74, 6) is -0.169. The maximum absolute atomic E-state index is 12.0. The van der Waals surface area contributed by atoms with Gasteiger partial charge in [0.2, 0.25) is 0 Å². The summed E-state index contributed by atoms with van der Waals surface area (Å²) in [5, 5.41) is 3.36. The van der Waals surface area contributed by atoms with Crippen LogP contribution < -0.4 is 5.32 Å². The fourth-order valence-electron chi connectivity index (χ4n) is 2.56. The van der Waals surface area contributed by atoms with Crippen LogP contribution in [0.25, 0.3) is 0 Å². The summed E-state index contributed by atoms with van der Waals surface area (Å²) in [6.45, 7) is 10.0. The van der Waals surface area contributed by atoms with Gasteiger partial charge in [0.05, 0.1) is 7.11 Å². The lowest BCUT2D eigenvalue weighted by atomic mass is 10.00. The van der Waals surface area contributed by atoms with Crippen LogP contribution in [0.1, 0.15) is 47.0 Å². The number of nitrogens with one attached hydrogen (secondary N) is 1. The molecule has 1 N–H and O–H groups in total. The third-order valence-electron chi connectivity index (χ3n) is 3.34. The summed E-state index contributed by atoms with van der Waals surface area (Å²) in [7, 11) is 1.46. The van der Waals surface area contributed by atoms with Gasteiger partial charge in [0.1, 0.15) is 5.54 Å². The molecule has 1 aliphatic carbocycles. The van der Waals surface area contributed by atoms with Gasteiger partial charge in [0.15, 0.2) is 0 Å². The standard InChI is InChI=1S/C14H28N2O2/c1-6-9-16(12-7-8-12)10-14(4,13(17)18-5)15-11(2)3/h11-12,15H,6-10H2,1-5H3. The predicted molar refractivity (Wildman–Crippen MR) is 73.6 cm³/mol. The lowest BCUT2D eigenvalue weighted by Crippen LogP contribution is -2.59. The normalized spacial score (nSPS) is 19.1. The molecule has 0 saturated heterocycles. The van der Waals surface area contributed by atoms with Gasteiger partial charge < -0.3 is 4.74 Å². The second kappa shape index (κ2) is 6.53. The van der Waals surface area contributed by atoms with Gasteiger partial charge in [-0.05, 0) is 46.6 Å². The van der Waals surface area contributed by atoms with E-state index in [0.29, 0.717) is 6.04 Å². The Hall–Kier alpha value is -0.610. The summed E-state index contributed by atoms with van der Waals surface area (Å²) >= 11 is 0.